The van der Waals surface area contributed by atoms with Crippen molar-refractivity contribution in [3.05, 3.63) is 35.5 Å². The molecule has 26 heavy (non-hydrogen) atoms. The van der Waals surface area contributed by atoms with Gasteiger partial charge in [-0.1, -0.05) is 0 Å². The van der Waals surface area contributed by atoms with E-state index in [9.17, 15) is 14.4 Å². The maximum absolute atomic E-state index is 12.0. The number of ether oxygens (including phenoxy) is 3. The summed E-state index contributed by atoms with van der Waals surface area (Å²) in [6, 6.07) is 4.99. The predicted molar refractivity (Wildman–Crippen MR) is 94.5 cm³/mol. The van der Waals surface area contributed by atoms with Crippen LogP contribution in [0.2, 0.25) is 0 Å². The number of carbonyl (C=O) groups is 3. The summed E-state index contributed by atoms with van der Waals surface area (Å²) in [5.41, 5.74) is 1.21. The van der Waals surface area contributed by atoms with Crippen LogP contribution in [0.25, 0.3) is 0 Å². The molecule has 1 saturated heterocycles. The first kappa shape index (κ1) is 19.3. The zero-order valence-electron chi connectivity index (χ0n) is 15.3. The van der Waals surface area contributed by atoms with Gasteiger partial charge < -0.3 is 24.8 Å². The highest BCUT2D eigenvalue weighted by Crippen LogP contribution is 2.27. The number of carbonyl (C=O) groups excluding carboxylic acids is 3. The summed E-state index contributed by atoms with van der Waals surface area (Å²) in [5.74, 6) is -3.39. The molecule has 0 saturated carbocycles. The van der Waals surface area contributed by atoms with Crippen LogP contribution in [0.15, 0.2) is 30.0 Å². The summed E-state index contributed by atoms with van der Waals surface area (Å²) in [4.78, 5) is 35.8. The van der Waals surface area contributed by atoms with Crippen molar-refractivity contribution in [3.8, 4) is 0 Å². The number of esters is 3. The Balaban J connectivity index is 2.33. The van der Waals surface area contributed by atoms with Crippen molar-refractivity contribution in [1.29, 1.82) is 0 Å². The highest BCUT2D eigenvalue weighted by molar-refractivity contribution is 6.15. The molecule has 0 atom stereocenters. The van der Waals surface area contributed by atoms with E-state index in [4.69, 9.17) is 14.2 Å². The van der Waals surface area contributed by atoms with Gasteiger partial charge in [0.2, 0.25) is 0 Å². The Morgan fingerprint density at radius 1 is 1.15 bits per heavy atom. The van der Waals surface area contributed by atoms with Gasteiger partial charge in [0.1, 0.15) is 0 Å². The van der Waals surface area contributed by atoms with Crippen molar-refractivity contribution in [2.45, 2.75) is 39.5 Å². The van der Waals surface area contributed by atoms with Gasteiger partial charge in [0, 0.05) is 26.1 Å². The molecule has 8 nitrogen and oxygen atoms in total. The van der Waals surface area contributed by atoms with Crippen molar-refractivity contribution in [1.82, 2.24) is 0 Å². The first-order valence-electron chi connectivity index (χ1n) is 8.05. The summed E-state index contributed by atoms with van der Waals surface area (Å²) in [7, 11) is 1.29. The molecule has 1 aliphatic heterocycles. The van der Waals surface area contributed by atoms with Crippen LogP contribution < -0.4 is 10.6 Å². The third-order valence-corrected chi connectivity index (χ3v) is 3.37. The molecule has 0 radical (unpaired) electrons. The van der Waals surface area contributed by atoms with Crippen LogP contribution in [0.5, 0.6) is 0 Å². The van der Waals surface area contributed by atoms with E-state index in [1.807, 2.05) is 13.8 Å². The Hall–Kier alpha value is -3.03. The number of nitrogens with one attached hydrogen (secondary N) is 2. The van der Waals surface area contributed by atoms with Gasteiger partial charge in [-0.25, -0.2) is 14.4 Å². The third-order valence-electron chi connectivity index (χ3n) is 3.37. The normalized spacial score (nSPS) is 15.8. The molecule has 0 bridgehead atoms. The highest BCUT2D eigenvalue weighted by atomic mass is 16.7. The molecule has 0 aromatic heterocycles. The number of anilines is 2. The molecule has 0 spiro atoms. The first-order valence-corrected chi connectivity index (χ1v) is 8.05. The number of benzene rings is 1. The van der Waals surface area contributed by atoms with Crippen LogP contribution in [0, 0.1) is 0 Å². The molecule has 0 aliphatic carbocycles. The Kier molecular flexibility index (Phi) is 5.54. The van der Waals surface area contributed by atoms with E-state index >= 15 is 0 Å². The van der Waals surface area contributed by atoms with E-state index in [1.54, 1.807) is 18.2 Å². The minimum Gasteiger partial charge on any atom is -0.465 e. The van der Waals surface area contributed by atoms with E-state index in [0.717, 1.165) is 0 Å². The molecular weight excluding hydrogens is 340 g/mol. The molecule has 8 heteroatoms. The fourth-order valence-corrected chi connectivity index (χ4v) is 2.27. The maximum atomic E-state index is 12.0. The topological polar surface area (TPSA) is 103 Å². The molecule has 2 N–H and O–H groups in total. The average Bonchev–Trinajstić information content (AvgIpc) is 2.53. The Morgan fingerprint density at radius 2 is 1.77 bits per heavy atom. The average molecular weight is 362 g/mol. The lowest BCUT2D eigenvalue weighted by atomic mass is 10.1. The van der Waals surface area contributed by atoms with Crippen LogP contribution in [-0.2, 0) is 23.8 Å². The largest absolute Gasteiger partial charge is 0.465 e. The van der Waals surface area contributed by atoms with Gasteiger partial charge in [-0.15, -0.1) is 0 Å². The van der Waals surface area contributed by atoms with Gasteiger partial charge in [-0.3, -0.25) is 0 Å². The molecule has 1 heterocycles. The molecule has 0 unspecified atom stereocenters. The molecule has 1 aromatic carbocycles. The van der Waals surface area contributed by atoms with Gasteiger partial charge in [0.25, 0.3) is 5.79 Å². The molecular formula is C18H22N2O6. The summed E-state index contributed by atoms with van der Waals surface area (Å²) < 4.78 is 14.8. The monoisotopic (exact) mass is 362 g/mol. The second-order valence-corrected chi connectivity index (χ2v) is 6.43. The quantitative estimate of drug-likeness (QED) is 0.468. The molecule has 1 aromatic rings. The minimum absolute atomic E-state index is 0.123. The van der Waals surface area contributed by atoms with Crippen molar-refractivity contribution in [2.75, 3.05) is 17.7 Å². The first-order chi connectivity index (χ1) is 12.1. The van der Waals surface area contributed by atoms with Gasteiger partial charge in [-0.2, -0.15) is 0 Å². The summed E-state index contributed by atoms with van der Waals surface area (Å²) in [6.45, 7) is 6.85. The zero-order valence-corrected chi connectivity index (χ0v) is 15.3. The van der Waals surface area contributed by atoms with Crippen LogP contribution in [0.3, 0.4) is 0 Å². The predicted octanol–water partition coefficient (Wildman–Crippen LogP) is 2.43. The molecule has 1 fully saturated rings. The molecule has 1 aliphatic rings. The standard InChI is InChI=1S/C18H22N2O6/c1-10(2)20-13-7-6-11(15(21)24-5)8-14(13)19-9-12-16(22)25-18(3,4)26-17(12)23/h6-10,19-20H,1-5H3. The van der Waals surface area contributed by atoms with E-state index in [1.165, 1.54) is 27.2 Å². The van der Waals surface area contributed by atoms with Gasteiger partial charge in [0.15, 0.2) is 5.57 Å². The fraction of sp³-hybridized carbons (Fsp3) is 0.389. The van der Waals surface area contributed by atoms with Crippen molar-refractivity contribution >= 4 is 29.3 Å². The second kappa shape index (κ2) is 7.47. The Labute approximate surface area is 151 Å². The summed E-state index contributed by atoms with van der Waals surface area (Å²) in [6.07, 6.45) is 1.20. The lowest BCUT2D eigenvalue weighted by Gasteiger charge is -2.29. The smallest absolute Gasteiger partial charge is 0.350 e. The zero-order chi connectivity index (χ0) is 19.5. The van der Waals surface area contributed by atoms with Crippen molar-refractivity contribution in [3.63, 3.8) is 0 Å². The summed E-state index contributed by atoms with van der Waals surface area (Å²) in [5, 5.41) is 6.07. The van der Waals surface area contributed by atoms with E-state index in [2.05, 4.69) is 10.6 Å². The molecule has 140 valence electrons. The van der Waals surface area contributed by atoms with Crippen LogP contribution in [-0.4, -0.2) is 36.8 Å². The second-order valence-electron chi connectivity index (χ2n) is 6.43. The van der Waals surface area contributed by atoms with Gasteiger partial charge in [0.05, 0.1) is 24.0 Å². The maximum Gasteiger partial charge on any atom is 0.350 e. The minimum atomic E-state index is -1.30. The lowest BCUT2D eigenvalue weighted by molar-refractivity contribution is -0.222. The van der Waals surface area contributed by atoms with Gasteiger partial charge in [-0.05, 0) is 32.0 Å². The van der Waals surface area contributed by atoms with E-state index in [0.29, 0.717) is 16.9 Å². The van der Waals surface area contributed by atoms with Gasteiger partial charge >= 0.3 is 17.9 Å². The van der Waals surface area contributed by atoms with Crippen LogP contribution in [0.1, 0.15) is 38.1 Å². The molecule has 0 amide bonds. The number of rotatable bonds is 5. The number of hydrogen-bond acceptors (Lipinski definition) is 8. The van der Waals surface area contributed by atoms with Crippen LogP contribution >= 0.6 is 0 Å². The summed E-state index contributed by atoms with van der Waals surface area (Å²) >= 11 is 0. The highest BCUT2D eigenvalue weighted by Gasteiger charge is 2.39. The number of methoxy groups -OCH3 is 1. The molecule has 2 rings (SSSR count). The SMILES string of the molecule is COC(=O)c1ccc(NC(C)C)c(NC=C2C(=O)OC(C)(C)OC2=O)c1. The lowest BCUT2D eigenvalue weighted by Crippen LogP contribution is -2.42. The Bertz CT molecular complexity index is 745. The Morgan fingerprint density at radius 3 is 2.31 bits per heavy atom. The fourth-order valence-electron chi connectivity index (χ4n) is 2.27. The van der Waals surface area contributed by atoms with E-state index < -0.39 is 23.7 Å². The van der Waals surface area contributed by atoms with E-state index in [-0.39, 0.29) is 11.6 Å². The van der Waals surface area contributed by atoms with Crippen molar-refractivity contribution in [2.24, 2.45) is 0 Å². The third kappa shape index (κ3) is 4.53. The number of cyclic esters (lactones) is 2. The van der Waals surface area contributed by atoms with Crippen molar-refractivity contribution < 1.29 is 28.6 Å². The number of hydrogen-bond donors (Lipinski definition) is 2. The van der Waals surface area contributed by atoms with Crippen LogP contribution in [0.4, 0.5) is 11.4 Å².